The first-order valence-electron chi connectivity index (χ1n) is 5.34. The zero-order chi connectivity index (χ0) is 12.1. The monoisotopic (exact) mass is 230 g/mol. The van der Waals surface area contributed by atoms with Crippen molar-refractivity contribution in [1.82, 2.24) is 15.3 Å². The van der Waals surface area contributed by atoms with Crippen LogP contribution in [0.3, 0.4) is 0 Å². The fourth-order valence-electron chi connectivity index (χ4n) is 1.50. The van der Waals surface area contributed by atoms with Crippen LogP contribution in [0.25, 0.3) is 0 Å². The molecule has 1 aromatic heterocycles. The van der Waals surface area contributed by atoms with Gasteiger partial charge in [0.2, 0.25) is 0 Å². The van der Waals surface area contributed by atoms with E-state index in [9.17, 15) is 4.79 Å². The molecule has 0 fully saturated rings. The molecule has 2 aromatic rings. The van der Waals surface area contributed by atoms with Gasteiger partial charge in [0, 0.05) is 18.3 Å². The van der Waals surface area contributed by atoms with Crippen LogP contribution in [0.2, 0.25) is 0 Å². The van der Waals surface area contributed by atoms with Gasteiger partial charge in [0.05, 0.1) is 18.6 Å². The van der Waals surface area contributed by atoms with Gasteiger partial charge in [0.1, 0.15) is 0 Å². The first kappa shape index (κ1) is 11.3. The van der Waals surface area contributed by atoms with E-state index in [0.717, 1.165) is 11.3 Å². The number of nitrogens with zero attached hydrogens (tertiary/aromatic N) is 1. The van der Waals surface area contributed by atoms with Gasteiger partial charge in [-0.05, 0) is 17.7 Å². The van der Waals surface area contributed by atoms with Gasteiger partial charge in [-0.1, -0.05) is 12.1 Å². The lowest BCUT2D eigenvalue weighted by Crippen LogP contribution is -2.23. The SMILES string of the molecule is NCc1cccc(C(=O)NCc2cnc[nH]2)c1. The Morgan fingerprint density at radius 1 is 1.47 bits per heavy atom. The Balaban J connectivity index is 1.99. The van der Waals surface area contributed by atoms with Crippen LogP contribution in [-0.2, 0) is 13.1 Å². The van der Waals surface area contributed by atoms with Gasteiger partial charge < -0.3 is 16.0 Å². The highest BCUT2D eigenvalue weighted by molar-refractivity contribution is 5.94. The van der Waals surface area contributed by atoms with Crippen LogP contribution in [0.5, 0.6) is 0 Å². The topological polar surface area (TPSA) is 83.8 Å². The molecule has 5 heteroatoms. The minimum Gasteiger partial charge on any atom is -0.347 e. The average molecular weight is 230 g/mol. The minimum atomic E-state index is -0.116. The summed E-state index contributed by atoms with van der Waals surface area (Å²) in [6.45, 7) is 0.868. The molecular weight excluding hydrogens is 216 g/mol. The highest BCUT2D eigenvalue weighted by Crippen LogP contribution is 2.04. The lowest BCUT2D eigenvalue weighted by molar-refractivity contribution is 0.0950. The maximum Gasteiger partial charge on any atom is 0.251 e. The molecule has 0 radical (unpaired) electrons. The van der Waals surface area contributed by atoms with Crippen molar-refractivity contribution in [2.24, 2.45) is 5.73 Å². The Bertz CT molecular complexity index is 493. The van der Waals surface area contributed by atoms with Crippen molar-refractivity contribution >= 4 is 5.91 Å². The van der Waals surface area contributed by atoms with Crippen molar-refractivity contribution in [3.8, 4) is 0 Å². The van der Waals surface area contributed by atoms with Gasteiger partial charge in [-0.3, -0.25) is 4.79 Å². The summed E-state index contributed by atoms with van der Waals surface area (Å²) in [6.07, 6.45) is 3.26. The Morgan fingerprint density at radius 2 is 2.35 bits per heavy atom. The summed E-state index contributed by atoms with van der Waals surface area (Å²) in [5, 5.41) is 2.80. The molecular formula is C12H14N4O. The third kappa shape index (κ3) is 2.92. The van der Waals surface area contributed by atoms with Crippen LogP contribution in [0.4, 0.5) is 0 Å². The van der Waals surface area contributed by atoms with Crippen LogP contribution >= 0.6 is 0 Å². The number of carbonyl (C=O) groups excluding carboxylic acids is 1. The summed E-state index contributed by atoms with van der Waals surface area (Å²) >= 11 is 0. The van der Waals surface area contributed by atoms with Crippen molar-refractivity contribution in [2.45, 2.75) is 13.1 Å². The number of hydrogen-bond acceptors (Lipinski definition) is 3. The molecule has 1 aromatic carbocycles. The molecule has 2 rings (SSSR count). The summed E-state index contributed by atoms with van der Waals surface area (Å²) in [7, 11) is 0. The number of nitrogens with two attached hydrogens (primary N) is 1. The summed E-state index contributed by atoms with van der Waals surface area (Å²) < 4.78 is 0. The van der Waals surface area contributed by atoms with Crippen LogP contribution in [0.15, 0.2) is 36.8 Å². The summed E-state index contributed by atoms with van der Waals surface area (Å²) in [4.78, 5) is 18.6. The molecule has 0 spiro atoms. The molecule has 17 heavy (non-hydrogen) atoms. The molecule has 0 bridgehead atoms. The number of nitrogens with one attached hydrogen (secondary N) is 2. The fourth-order valence-corrected chi connectivity index (χ4v) is 1.50. The Labute approximate surface area is 99.1 Å². The predicted molar refractivity (Wildman–Crippen MR) is 64.1 cm³/mol. The largest absolute Gasteiger partial charge is 0.347 e. The minimum absolute atomic E-state index is 0.116. The number of aromatic nitrogens is 2. The van der Waals surface area contributed by atoms with E-state index < -0.39 is 0 Å². The molecule has 1 amide bonds. The average Bonchev–Trinajstić information content (AvgIpc) is 2.89. The second kappa shape index (κ2) is 5.27. The van der Waals surface area contributed by atoms with Gasteiger partial charge >= 0.3 is 0 Å². The highest BCUT2D eigenvalue weighted by atomic mass is 16.1. The van der Waals surface area contributed by atoms with Gasteiger partial charge in [0.25, 0.3) is 5.91 Å². The third-order valence-electron chi connectivity index (χ3n) is 2.42. The van der Waals surface area contributed by atoms with Crippen LogP contribution in [-0.4, -0.2) is 15.9 Å². The maximum absolute atomic E-state index is 11.8. The summed E-state index contributed by atoms with van der Waals surface area (Å²) in [5.74, 6) is -0.116. The van der Waals surface area contributed by atoms with E-state index in [4.69, 9.17) is 5.73 Å². The molecule has 0 unspecified atom stereocenters. The lowest BCUT2D eigenvalue weighted by atomic mass is 10.1. The molecule has 4 N–H and O–H groups in total. The fraction of sp³-hybridized carbons (Fsp3) is 0.167. The van der Waals surface area contributed by atoms with E-state index in [-0.39, 0.29) is 5.91 Å². The molecule has 5 nitrogen and oxygen atoms in total. The molecule has 0 saturated carbocycles. The molecule has 0 saturated heterocycles. The van der Waals surface area contributed by atoms with E-state index in [1.807, 2.05) is 12.1 Å². The molecule has 0 aliphatic carbocycles. The lowest BCUT2D eigenvalue weighted by Gasteiger charge is -2.05. The zero-order valence-corrected chi connectivity index (χ0v) is 9.31. The number of carbonyl (C=O) groups is 1. The second-order valence-electron chi connectivity index (χ2n) is 3.66. The van der Waals surface area contributed by atoms with Crippen molar-refractivity contribution in [3.05, 3.63) is 53.6 Å². The summed E-state index contributed by atoms with van der Waals surface area (Å²) in [5.41, 5.74) is 7.96. The van der Waals surface area contributed by atoms with Crippen LogP contribution in [0, 0.1) is 0 Å². The number of amides is 1. The number of aromatic amines is 1. The quantitative estimate of drug-likeness (QED) is 0.726. The normalized spacial score (nSPS) is 10.2. The second-order valence-corrected chi connectivity index (χ2v) is 3.66. The van der Waals surface area contributed by atoms with Gasteiger partial charge in [0.15, 0.2) is 0 Å². The zero-order valence-electron chi connectivity index (χ0n) is 9.31. The molecule has 88 valence electrons. The van der Waals surface area contributed by atoms with E-state index in [0.29, 0.717) is 18.7 Å². The van der Waals surface area contributed by atoms with Gasteiger partial charge in [-0.25, -0.2) is 4.98 Å². The molecule has 1 heterocycles. The smallest absolute Gasteiger partial charge is 0.251 e. The van der Waals surface area contributed by atoms with E-state index >= 15 is 0 Å². The molecule has 0 aliphatic heterocycles. The van der Waals surface area contributed by atoms with Crippen molar-refractivity contribution in [1.29, 1.82) is 0 Å². The van der Waals surface area contributed by atoms with Crippen molar-refractivity contribution in [2.75, 3.05) is 0 Å². The Morgan fingerprint density at radius 3 is 3.06 bits per heavy atom. The summed E-state index contributed by atoms with van der Waals surface area (Å²) in [6, 6.07) is 7.28. The Hall–Kier alpha value is -2.14. The number of H-pyrrole nitrogens is 1. The highest BCUT2D eigenvalue weighted by Gasteiger charge is 2.05. The number of hydrogen-bond donors (Lipinski definition) is 3. The van der Waals surface area contributed by atoms with Crippen molar-refractivity contribution in [3.63, 3.8) is 0 Å². The van der Waals surface area contributed by atoms with Gasteiger partial charge in [-0.2, -0.15) is 0 Å². The number of benzene rings is 1. The van der Waals surface area contributed by atoms with Crippen LogP contribution < -0.4 is 11.1 Å². The van der Waals surface area contributed by atoms with Crippen LogP contribution in [0.1, 0.15) is 21.6 Å². The number of rotatable bonds is 4. The van der Waals surface area contributed by atoms with E-state index in [2.05, 4.69) is 15.3 Å². The van der Waals surface area contributed by atoms with Crippen molar-refractivity contribution < 1.29 is 4.79 Å². The van der Waals surface area contributed by atoms with Gasteiger partial charge in [-0.15, -0.1) is 0 Å². The Kier molecular flexibility index (Phi) is 3.52. The maximum atomic E-state index is 11.8. The van der Waals surface area contributed by atoms with E-state index in [1.54, 1.807) is 24.7 Å². The first-order chi connectivity index (χ1) is 8.29. The first-order valence-corrected chi connectivity index (χ1v) is 5.34. The van der Waals surface area contributed by atoms with E-state index in [1.165, 1.54) is 0 Å². The predicted octanol–water partition coefficient (Wildman–Crippen LogP) is 0.798. The number of imidazole rings is 1. The molecule has 0 aliphatic rings. The molecule has 0 atom stereocenters. The third-order valence-corrected chi connectivity index (χ3v) is 2.42. The standard InChI is InChI=1S/C12H14N4O/c13-5-9-2-1-3-10(4-9)12(17)15-7-11-6-14-8-16-11/h1-4,6,8H,5,7,13H2,(H,14,16)(H,15,17).